The number of hydrogen-bond acceptors (Lipinski definition) is 3. The highest BCUT2D eigenvalue weighted by Crippen LogP contribution is 2.22. The Labute approximate surface area is 107 Å². The van der Waals surface area contributed by atoms with Gasteiger partial charge in [-0.2, -0.15) is 0 Å². The summed E-state index contributed by atoms with van der Waals surface area (Å²) >= 11 is 3.40. The van der Waals surface area contributed by atoms with Gasteiger partial charge in [-0.3, -0.25) is 4.79 Å². The molecular formula is C12H12BrN3O. The van der Waals surface area contributed by atoms with E-state index in [0.29, 0.717) is 11.5 Å². The molecule has 0 amide bonds. The zero-order valence-corrected chi connectivity index (χ0v) is 10.9. The van der Waals surface area contributed by atoms with Crippen LogP contribution in [0.5, 0.6) is 0 Å². The quantitative estimate of drug-likeness (QED) is 0.889. The Kier molecular flexibility index (Phi) is 3.40. The summed E-state index contributed by atoms with van der Waals surface area (Å²) in [6.45, 7) is 2.22. The first-order valence-electron chi connectivity index (χ1n) is 5.17. The molecule has 2 aromatic rings. The van der Waals surface area contributed by atoms with Crippen LogP contribution in [0.25, 0.3) is 11.4 Å². The van der Waals surface area contributed by atoms with Crippen LogP contribution < -0.4 is 11.3 Å². The molecular weight excluding hydrogens is 282 g/mol. The summed E-state index contributed by atoms with van der Waals surface area (Å²) in [5, 5.41) is 0. The maximum atomic E-state index is 11.5. The molecule has 3 N–H and O–H groups in total. The number of aryl methyl sites for hydroxylation is 1. The predicted octanol–water partition coefficient (Wildman–Crippen LogP) is 1.97. The van der Waals surface area contributed by atoms with Gasteiger partial charge in [-0.1, -0.05) is 15.9 Å². The van der Waals surface area contributed by atoms with E-state index in [1.165, 1.54) is 6.07 Å². The van der Waals surface area contributed by atoms with Crippen LogP contribution in [-0.4, -0.2) is 9.97 Å². The zero-order chi connectivity index (χ0) is 12.4. The summed E-state index contributed by atoms with van der Waals surface area (Å²) in [6.07, 6.45) is 0. The van der Waals surface area contributed by atoms with Gasteiger partial charge in [-0.15, -0.1) is 0 Å². The highest BCUT2D eigenvalue weighted by Gasteiger charge is 2.06. The Bertz CT molecular complexity index is 607. The van der Waals surface area contributed by atoms with Crippen LogP contribution in [0.3, 0.4) is 0 Å². The van der Waals surface area contributed by atoms with E-state index < -0.39 is 0 Å². The molecule has 2 rings (SSSR count). The average Bonchev–Trinajstić information content (AvgIpc) is 2.28. The van der Waals surface area contributed by atoms with Crippen LogP contribution in [0.1, 0.15) is 11.3 Å². The number of nitrogens with zero attached hydrogens (tertiary/aromatic N) is 1. The Morgan fingerprint density at radius 1 is 1.41 bits per heavy atom. The summed E-state index contributed by atoms with van der Waals surface area (Å²) in [5.41, 5.74) is 7.85. The smallest absolute Gasteiger partial charge is 0.251 e. The van der Waals surface area contributed by atoms with E-state index in [0.717, 1.165) is 15.6 Å². The third kappa shape index (κ3) is 2.62. The average molecular weight is 294 g/mol. The van der Waals surface area contributed by atoms with Gasteiger partial charge in [0, 0.05) is 22.6 Å². The number of benzene rings is 1. The van der Waals surface area contributed by atoms with Crippen molar-refractivity contribution >= 4 is 15.9 Å². The largest absolute Gasteiger partial charge is 0.325 e. The second-order valence-corrected chi connectivity index (χ2v) is 4.66. The number of rotatable bonds is 2. The van der Waals surface area contributed by atoms with Gasteiger partial charge >= 0.3 is 0 Å². The van der Waals surface area contributed by atoms with E-state index in [-0.39, 0.29) is 12.1 Å². The van der Waals surface area contributed by atoms with Crippen molar-refractivity contribution in [3.63, 3.8) is 0 Å². The number of nitrogens with one attached hydrogen (secondary N) is 1. The second-order valence-electron chi connectivity index (χ2n) is 3.75. The van der Waals surface area contributed by atoms with E-state index in [2.05, 4.69) is 25.9 Å². The fourth-order valence-electron chi connectivity index (χ4n) is 1.63. The lowest BCUT2D eigenvalue weighted by molar-refractivity contribution is 0.955. The van der Waals surface area contributed by atoms with Gasteiger partial charge in [-0.05, 0) is 30.7 Å². The zero-order valence-electron chi connectivity index (χ0n) is 9.33. The molecule has 0 bridgehead atoms. The van der Waals surface area contributed by atoms with Crippen molar-refractivity contribution in [3.05, 3.63) is 50.3 Å². The van der Waals surface area contributed by atoms with Crippen LogP contribution in [0.2, 0.25) is 0 Å². The molecule has 0 radical (unpaired) electrons. The molecule has 1 heterocycles. The Morgan fingerprint density at radius 2 is 2.18 bits per heavy atom. The van der Waals surface area contributed by atoms with Gasteiger partial charge in [0.05, 0.1) is 5.69 Å². The maximum Gasteiger partial charge on any atom is 0.251 e. The molecule has 0 aliphatic rings. The lowest BCUT2D eigenvalue weighted by atomic mass is 10.1. The van der Waals surface area contributed by atoms with Crippen molar-refractivity contribution in [2.45, 2.75) is 13.5 Å². The molecule has 0 atom stereocenters. The molecule has 1 aromatic carbocycles. The van der Waals surface area contributed by atoms with Crippen molar-refractivity contribution in [3.8, 4) is 11.4 Å². The Balaban J connectivity index is 2.60. The molecule has 17 heavy (non-hydrogen) atoms. The first-order chi connectivity index (χ1) is 8.10. The van der Waals surface area contributed by atoms with E-state index >= 15 is 0 Å². The fourth-order valence-corrected chi connectivity index (χ4v) is 2.11. The monoisotopic (exact) mass is 293 g/mol. The van der Waals surface area contributed by atoms with Gasteiger partial charge in [0.25, 0.3) is 5.56 Å². The molecule has 4 nitrogen and oxygen atoms in total. The molecule has 0 aliphatic heterocycles. The molecule has 0 fully saturated rings. The van der Waals surface area contributed by atoms with Crippen molar-refractivity contribution in [2.75, 3.05) is 0 Å². The third-order valence-corrected chi connectivity index (χ3v) is 2.94. The lowest BCUT2D eigenvalue weighted by Gasteiger charge is -2.06. The van der Waals surface area contributed by atoms with Gasteiger partial charge < -0.3 is 10.7 Å². The summed E-state index contributed by atoms with van der Waals surface area (Å²) < 4.78 is 0.996. The lowest BCUT2D eigenvalue weighted by Crippen LogP contribution is -2.13. The fraction of sp³-hybridized carbons (Fsp3) is 0.167. The standard InChI is InChI=1S/C12H12BrN3O/c1-7-4-8(13)2-3-10(7)12-15-9(6-14)5-11(17)16-12/h2-5H,6,14H2,1H3,(H,15,16,17). The van der Waals surface area contributed by atoms with Crippen molar-refractivity contribution in [2.24, 2.45) is 5.73 Å². The number of aromatic amines is 1. The minimum Gasteiger partial charge on any atom is -0.325 e. The molecule has 88 valence electrons. The maximum absolute atomic E-state index is 11.5. The van der Waals surface area contributed by atoms with E-state index in [1.807, 2.05) is 25.1 Å². The van der Waals surface area contributed by atoms with Gasteiger partial charge in [0.1, 0.15) is 5.82 Å². The highest BCUT2D eigenvalue weighted by molar-refractivity contribution is 9.10. The van der Waals surface area contributed by atoms with Crippen LogP contribution in [0.4, 0.5) is 0 Å². The highest BCUT2D eigenvalue weighted by atomic mass is 79.9. The van der Waals surface area contributed by atoms with Crippen molar-refractivity contribution in [1.29, 1.82) is 0 Å². The van der Waals surface area contributed by atoms with Crippen molar-refractivity contribution in [1.82, 2.24) is 9.97 Å². The van der Waals surface area contributed by atoms with E-state index in [1.54, 1.807) is 0 Å². The van der Waals surface area contributed by atoms with Crippen LogP contribution in [-0.2, 0) is 6.54 Å². The van der Waals surface area contributed by atoms with Gasteiger partial charge in [0.15, 0.2) is 0 Å². The van der Waals surface area contributed by atoms with Gasteiger partial charge in [-0.25, -0.2) is 4.98 Å². The molecule has 0 saturated heterocycles. The second kappa shape index (κ2) is 4.81. The van der Waals surface area contributed by atoms with Crippen molar-refractivity contribution < 1.29 is 0 Å². The molecule has 0 unspecified atom stereocenters. The number of hydrogen-bond donors (Lipinski definition) is 2. The molecule has 0 aliphatic carbocycles. The van der Waals surface area contributed by atoms with Gasteiger partial charge in [0.2, 0.25) is 0 Å². The normalized spacial score (nSPS) is 10.5. The summed E-state index contributed by atoms with van der Waals surface area (Å²) in [6, 6.07) is 7.22. The minimum atomic E-state index is -0.183. The van der Waals surface area contributed by atoms with E-state index in [4.69, 9.17) is 5.73 Å². The number of aromatic nitrogens is 2. The first kappa shape index (κ1) is 12.0. The minimum absolute atomic E-state index is 0.183. The molecule has 0 spiro atoms. The van der Waals surface area contributed by atoms with Crippen LogP contribution in [0.15, 0.2) is 33.5 Å². The van der Waals surface area contributed by atoms with Crippen LogP contribution >= 0.6 is 15.9 Å². The number of halogens is 1. The SMILES string of the molecule is Cc1cc(Br)ccc1-c1nc(CN)cc(=O)[nH]1. The number of nitrogens with two attached hydrogens (primary N) is 1. The molecule has 1 aromatic heterocycles. The van der Waals surface area contributed by atoms with E-state index in [9.17, 15) is 4.79 Å². The Hall–Kier alpha value is -1.46. The summed E-state index contributed by atoms with van der Waals surface area (Å²) in [4.78, 5) is 18.5. The molecule has 5 heteroatoms. The summed E-state index contributed by atoms with van der Waals surface area (Å²) in [7, 11) is 0. The first-order valence-corrected chi connectivity index (χ1v) is 5.96. The summed E-state index contributed by atoms with van der Waals surface area (Å²) in [5.74, 6) is 0.558. The molecule has 0 saturated carbocycles. The number of H-pyrrole nitrogens is 1. The van der Waals surface area contributed by atoms with Crippen LogP contribution in [0, 0.1) is 6.92 Å². The third-order valence-electron chi connectivity index (χ3n) is 2.45. The topological polar surface area (TPSA) is 71.8 Å². The Morgan fingerprint density at radius 3 is 2.82 bits per heavy atom. The predicted molar refractivity (Wildman–Crippen MR) is 70.6 cm³/mol.